The second-order valence-corrected chi connectivity index (χ2v) is 5.23. The number of likely N-dealkylation sites (tertiary alicyclic amines) is 1. The second-order valence-electron chi connectivity index (χ2n) is 5.23. The molecule has 0 aliphatic carbocycles. The maximum Gasteiger partial charge on any atom is 0.222 e. The summed E-state index contributed by atoms with van der Waals surface area (Å²) in [7, 11) is 0. The standard InChI is InChI=1S/C15H20F2N2O2/c1-2-18(11-5-6-13(16)14(17)8-11)9-12(20)10-19-7-3-4-15(19)21/h5-6,8,12,20H,2-4,7,9-10H2,1H3. The molecule has 4 nitrogen and oxygen atoms in total. The number of rotatable bonds is 6. The van der Waals surface area contributed by atoms with E-state index in [1.165, 1.54) is 6.07 Å². The summed E-state index contributed by atoms with van der Waals surface area (Å²) in [6.45, 7) is 3.64. The third-order valence-corrected chi connectivity index (χ3v) is 3.68. The number of hydrogen-bond donors (Lipinski definition) is 1. The van der Waals surface area contributed by atoms with Gasteiger partial charge in [-0.15, -0.1) is 0 Å². The fraction of sp³-hybridized carbons (Fsp3) is 0.533. The lowest BCUT2D eigenvalue weighted by Crippen LogP contribution is -2.40. The van der Waals surface area contributed by atoms with Crippen LogP contribution in [-0.2, 0) is 4.79 Å². The van der Waals surface area contributed by atoms with Crippen molar-refractivity contribution in [3.63, 3.8) is 0 Å². The number of carbonyl (C=O) groups is 1. The van der Waals surface area contributed by atoms with E-state index in [4.69, 9.17) is 0 Å². The van der Waals surface area contributed by atoms with E-state index in [0.29, 0.717) is 25.2 Å². The van der Waals surface area contributed by atoms with Gasteiger partial charge in [-0.25, -0.2) is 8.78 Å². The minimum Gasteiger partial charge on any atom is -0.389 e. The van der Waals surface area contributed by atoms with E-state index in [1.54, 1.807) is 9.80 Å². The molecule has 1 atom stereocenters. The van der Waals surface area contributed by atoms with Crippen LogP contribution in [0.15, 0.2) is 18.2 Å². The molecule has 1 heterocycles. The van der Waals surface area contributed by atoms with Gasteiger partial charge in [0.25, 0.3) is 0 Å². The lowest BCUT2D eigenvalue weighted by atomic mass is 10.2. The maximum atomic E-state index is 13.3. The number of aliphatic hydroxyl groups excluding tert-OH is 1. The van der Waals surface area contributed by atoms with Gasteiger partial charge in [-0.1, -0.05) is 0 Å². The Balaban J connectivity index is 1.97. The molecule has 2 rings (SSSR count). The van der Waals surface area contributed by atoms with Crippen LogP contribution in [0.5, 0.6) is 0 Å². The Morgan fingerprint density at radius 1 is 1.38 bits per heavy atom. The van der Waals surface area contributed by atoms with Gasteiger partial charge in [0.05, 0.1) is 6.10 Å². The molecule has 0 spiro atoms. The molecular weight excluding hydrogens is 278 g/mol. The summed E-state index contributed by atoms with van der Waals surface area (Å²) >= 11 is 0. The van der Waals surface area contributed by atoms with E-state index in [1.807, 2.05) is 6.92 Å². The highest BCUT2D eigenvalue weighted by Gasteiger charge is 2.23. The first kappa shape index (κ1) is 15.7. The number of benzene rings is 1. The van der Waals surface area contributed by atoms with Crippen molar-refractivity contribution in [2.24, 2.45) is 0 Å². The fourth-order valence-electron chi connectivity index (χ4n) is 2.56. The normalized spacial score (nSPS) is 16.4. The summed E-state index contributed by atoms with van der Waals surface area (Å²) in [5.74, 6) is -1.74. The lowest BCUT2D eigenvalue weighted by Gasteiger charge is -2.28. The average molecular weight is 298 g/mol. The van der Waals surface area contributed by atoms with Crippen molar-refractivity contribution < 1.29 is 18.7 Å². The van der Waals surface area contributed by atoms with Gasteiger partial charge < -0.3 is 14.9 Å². The van der Waals surface area contributed by atoms with Crippen molar-refractivity contribution in [2.75, 3.05) is 31.1 Å². The molecule has 0 bridgehead atoms. The van der Waals surface area contributed by atoms with Crippen LogP contribution < -0.4 is 4.90 Å². The summed E-state index contributed by atoms with van der Waals surface area (Å²) in [6, 6.07) is 3.67. The third kappa shape index (κ3) is 3.91. The number of nitrogens with zero attached hydrogens (tertiary/aromatic N) is 2. The third-order valence-electron chi connectivity index (χ3n) is 3.68. The molecular formula is C15H20F2N2O2. The summed E-state index contributed by atoms with van der Waals surface area (Å²) in [5, 5.41) is 10.1. The molecule has 1 N–H and O–H groups in total. The molecule has 1 amide bonds. The zero-order chi connectivity index (χ0) is 15.4. The minimum absolute atomic E-state index is 0.0601. The first-order valence-electron chi connectivity index (χ1n) is 7.17. The Labute approximate surface area is 123 Å². The summed E-state index contributed by atoms with van der Waals surface area (Å²) in [5.41, 5.74) is 0.517. The topological polar surface area (TPSA) is 43.8 Å². The highest BCUT2D eigenvalue weighted by Crippen LogP contribution is 2.18. The van der Waals surface area contributed by atoms with E-state index in [-0.39, 0.29) is 19.0 Å². The van der Waals surface area contributed by atoms with E-state index < -0.39 is 17.7 Å². The van der Waals surface area contributed by atoms with Crippen LogP contribution in [0.4, 0.5) is 14.5 Å². The Hall–Kier alpha value is -1.69. The molecule has 1 aliphatic rings. The Kier molecular flexibility index (Phi) is 5.12. The number of halogens is 2. The molecule has 1 aliphatic heterocycles. The van der Waals surface area contributed by atoms with Crippen LogP contribution in [0.1, 0.15) is 19.8 Å². The van der Waals surface area contributed by atoms with Gasteiger partial charge in [0.2, 0.25) is 5.91 Å². The number of aliphatic hydroxyl groups is 1. The molecule has 1 unspecified atom stereocenters. The average Bonchev–Trinajstić information content (AvgIpc) is 2.85. The molecule has 0 aromatic heterocycles. The molecule has 21 heavy (non-hydrogen) atoms. The van der Waals surface area contributed by atoms with Crippen LogP contribution >= 0.6 is 0 Å². The summed E-state index contributed by atoms with van der Waals surface area (Å²) in [4.78, 5) is 14.9. The van der Waals surface area contributed by atoms with Gasteiger partial charge in [-0.2, -0.15) is 0 Å². The molecule has 0 saturated carbocycles. The van der Waals surface area contributed by atoms with Crippen molar-refractivity contribution in [2.45, 2.75) is 25.9 Å². The SMILES string of the molecule is CCN(CC(O)CN1CCCC1=O)c1ccc(F)c(F)c1. The van der Waals surface area contributed by atoms with Crippen molar-refractivity contribution in [3.05, 3.63) is 29.8 Å². The molecule has 1 aromatic rings. The number of likely N-dealkylation sites (N-methyl/N-ethyl adjacent to an activating group) is 1. The molecule has 6 heteroatoms. The van der Waals surface area contributed by atoms with Crippen molar-refractivity contribution >= 4 is 11.6 Å². The van der Waals surface area contributed by atoms with Gasteiger partial charge in [0.15, 0.2) is 11.6 Å². The smallest absolute Gasteiger partial charge is 0.222 e. The van der Waals surface area contributed by atoms with Gasteiger partial charge in [-0.05, 0) is 25.5 Å². The zero-order valence-electron chi connectivity index (χ0n) is 12.1. The Bertz CT molecular complexity index is 510. The highest BCUT2D eigenvalue weighted by molar-refractivity contribution is 5.78. The van der Waals surface area contributed by atoms with Crippen molar-refractivity contribution in [1.82, 2.24) is 4.90 Å². The van der Waals surface area contributed by atoms with Crippen LogP contribution in [-0.4, -0.2) is 48.2 Å². The minimum atomic E-state index is -0.907. The summed E-state index contributed by atoms with van der Waals surface area (Å²) < 4.78 is 26.2. The first-order valence-corrected chi connectivity index (χ1v) is 7.17. The van der Waals surface area contributed by atoms with Crippen molar-refractivity contribution in [1.29, 1.82) is 0 Å². The molecule has 116 valence electrons. The molecule has 0 radical (unpaired) electrons. The Morgan fingerprint density at radius 2 is 2.14 bits per heavy atom. The first-order chi connectivity index (χ1) is 10.0. The number of amides is 1. The second kappa shape index (κ2) is 6.85. The lowest BCUT2D eigenvalue weighted by molar-refractivity contribution is -0.128. The van der Waals surface area contributed by atoms with Crippen LogP contribution in [0.2, 0.25) is 0 Å². The van der Waals surface area contributed by atoms with Crippen LogP contribution in [0.3, 0.4) is 0 Å². The predicted molar refractivity (Wildman–Crippen MR) is 76.1 cm³/mol. The fourth-order valence-corrected chi connectivity index (χ4v) is 2.56. The number of hydrogen-bond acceptors (Lipinski definition) is 3. The Morgan fingerprint density at radius 3 is 2.71 bits per heavy atom. The summed E-state index contributed by atoms with van der Waals surface area (Å²) in [6.07, 6.45) is 0.639. The van der Waals surface area contributed by atoms with E-state index in [0.717, 1.165) is 18.6 Å². The number of β-amino-alcohol motifs (C(OH)–C–C–N with tert-alkyl or cyclic N) is 1. The van der Waals surface area contributed by atoms with E-state index in [2.05, 4.69) is 0 Å². The zero-order valence-corrected chi connectivity index (χ0v) is 12.1. The molecule has 1 aromatic carbocycles. The van der Waals surface area contributed by atoms with E-state index in [9.17, 15) is 18.7 Å². The van der Waals surface area contributed by atoms with Gasteiger partial charge in [-0.3, -0.25) is 4.79 Å². The largest absolute Gasteiger partial charge is 0.389 e. The van der Waals surface area contributed by atoms with Crippen LogP contribution in [0, 0.1) is 11.6 Å². The van der Waals surface area contributed by atoms with Gasteiger partial charge >= 0.3 is 0 Å². The van der Waals surface area contributed by atoms with Gasteiger partial charge in [0, 0.05) is 44.4 Å². The van der Waals surface area contributed by atoms with Crippen molar-refractivity contribution in [3.8, 4) is 0 Å². The predicted octanol–water partition coefficient (Wildman–Crippen LogP) is 1.77. The highest BCUT2D eigenvalue weighted by atomic mass is 19.2. The number of anilines is 1. The molecule has 1 saturated heterocycles. The monoisotopic (exact) mass is 298 g/mol. The van der Waals surface area contributed by atoms with Gasteiger partial charge in [0.1, 0.15) is 0 Å². The van der Waals surface area contributed by atoms with E-state index >= 15 is 0 Å². The quantitative estimate of drug-likeness (QED) is 0.870. The number of carbonyl (C=O) groups excluding carboxylic acids is 1. The van der Waals surface area contributed by atoms with Crippen LogP contribution in [0.25, 0.3) is 0 Å². The molecule has 1 fully saturated rings. The maximum absolute atomic E-state index is 13.3.